The van der Waals surface area contributed by atoms with Gasteiger partial charge in [0.25, 0.3) is 0 Å². The van der Waals surface area contributed by atoms with Crippen molar-refractivity contribution in [3.05, 3.63) is 24.2 Å². The minimum absolute atomic E-state index is 0.130. The van der Waals surface area contributed by atoms with Crippen LogP contribution in [0.15, 0.2) is 16.7 Å². The number of hydrogen-bond acceptors (Lipinski definition) is 2. The molecule has 1 heterocycles. The summed E-state index contributed by atoms with van der Waals surface area (Å²) < 4.78 is 4.37. The van der Waals surface area contributed by atoms with Crippen LogP contribution in [0.1, 0.15) is 10.4 Å². The first-order valence-electron chi connectivity index (χ1n) is 1.98. The summed E-state index contributed by atoms with van der Waals surface area (Å²) in [5.74, 6) is -0.991. The molecule has 0 spiro atoms. The third kappa shape index (κ3) is 0.703. The molecule has 0 aromatic carbocycles. The molecule has 0 saturated carbocycles. The predicted molar refractivity (Wildman–Crippen MR) is 24.5 cm³/mol. The highest BCUT2D eigenvalue weighted by molar-refractivity contribution is 5.86. The van der Waals surface area contributed by atoms with Crippen molar-refractivity contribution in [3.8, 4) is 0 Å². The molecule has 0 saturated heterocycles. The maximum atomic E-state index is 9.98. The lowest BCUT2D eigenvalue weighted by Crippen LogP contribution is -1.91. The summed E-state index contributed by atoms with van der Waals surface area (Å²) in [6.45, 7) is 0. The van der Waals surface area contributed by atoms with Crippen LogP contribution >= 0.6 is 0 Å². The first-order chi connectivity index (χ1) is 3.80. The molecule has 0 bridgehead atoms. The molecule has 1 N–H and O–H groups in total. The monoisotopic (exact) mass is 111 g/mol. The van der Waals surface area contributed by atoms with Crippen molar-refractivity contribution >= 4 is 5.97 Å². The number of hydrogen-bond donors (Lipinski definition) is 1. The first-order valence-corrected chi connectivity index (χ1v) is 1.98. The zero-order valence-electron chi connectivity index (χ0n) is 3.92. The molecule has 0 aliphatic carbocycles. The molecule has 1 aromatic heterocycles. The van der Waals surface area contributed by atoms with Crippen LogP contribution in [-0.2, 0) is 0 Å². The Kier molecular flexibility index (Phi) is 1.04. The van der Waals surface area contributed by atoms with E-state index < -0.39 is 5.97 Å². The molecule has 1 aromatic rings. The summed E-state index contributed by atoms with van der Waals surface area (Å²) in [6.07, 6.45) is 3.38. The molecule has 0 aliphatic heterocycles. The maximum absolute atomic E-state index is 9.98. The Morgan fingerprint density at radius 1 is 1.88 bits per heavy atom. The molecule has 0 unspecified atom stereocenters. The number of carbonyl (C=O) groups is 1. The van der Waals surface area contributed by atoms with Gasteiger partial charge in [0.2, 0.25) is 0 Å². The molecule has 8 heavy (non-hydrogen) atoms. The van der Waals surface area contributed by atoms with Crippen molar-refractivity contribution in [1.29, 1.82) is 0 Å². The van der Waals surface area contributed by atoms with E-state index in [0.29, 0.717) is 0 Å². The topological polar surface area (TPSA) is 50.4 Å². The van der Waals surface area contributed by atoms with E-state index in [4.69, 9.17) is 5.11 Å². The van der Waals surface area contributed by atoms with Crippen LogP contribution in [0.2, 0.25) is 0 Å². The Bertz CT molecular complexity index is 176. The van der Waals surface area contributed by atoms with Gasteiger partial charge >= 0.3 is 5.97 Å². The van der Waals surface area contributed by atoms with Crippen molar-refractivity contribution in [2.75, 3.05) is 0 Å². The van der Waals surface area contributed by atoms with Crippen molar-refractivity contribution < 1.29 is 14.3 Å². The zero-order valence-corrected chi connectivity index (χ0v) is 3.92. The van der Waals surface area contributed by atoms with E-state index >= 15 is 0 Å². The molecule has 0 aliphatic rings. The lowest BCUT2D eigenvalue weighted by atomic mass is 10.4. The summed E-state index contributed by atoms with van der Waals surface area (Å²) in [6, 6.07) is 1.27. The first kappa shape index (κ1) is 4.90. The normalized spacial score (nSPS) is 9.00. The van der Waals surface area contributed by atoms with Gasteiger partial charge in [-0.05, 0) is 0 Å². The van der Waals surface area contributed by atoms with Crippen LogP contribution in [0.25, 0.3) is 0 Å². The summed E-state index contributed by atoms with van der Waals surface area (Å²) >= 11 is 0. The average Bonchev–Trinajstić information content (AvgIpc) is 2.12. The van der Waals surface area contributed by atoms with Crippen molar-refractivity contribution in [2.24, 2.45) is 0 Å². The second kappa shape index (κ2) is 1.69. The van der Waals surface area contributed by atoms with Crippen molar-refractivity contribution in [1.82, 2.24) is 0 Å². The highest BCUT2D eigenvalue weighted by Gasteiger charge is 2.00. The molecular weight excluding hydrogens is 108 g/mol. The Labute approximate surface area is 45.5 Å². The maximum Gasteiger partial charge on any atom is 0.338 e. The van der Waals surface area contributed by atoms with Gasteiger partial charge in [0, 0.05) is 6.07 Å². The second-order valence-electron chi connectivity index (χ2n) is 1.26. The van der Waals surface area contributed by atoms with E-state index in [-0.39, 0.29) is 5.56 Å². The SMILES string of the molecule is O=C(O)c1c[c]oc1. The summed E-state index contributed by atoms with van der Waals surface area (Å²) in [7, 11) is 0. The van der Waals surface area contributed by atoms with Crippen molar-refractivity contribution in [3.63, 3.8) is 0 Å². The molecular formula is C5H3O3. The minimum Gasteiger partial charge on any atom is -0.478 e. The van der Waals surface area contributed by atoms with E-state index in [0.717, 1.165) is 6.26 Å². The summed E-state index contributed by atoms with van der Waals surface area (Å²) in [4.78, 5) is 9.98. The summed E-state index contributed by atoms with van der Waals surface area (Å²) in [5.41, 5.74) is 0.130. The molecule has 3 nitrogen and oxygen atoms in total. The standard InChI is InChI=1S/C5H3O3/c6-5(7)4-1-2-8-3-4/h1,3H,(H,6,7). The van der Waals surface area contributed by atoms with E-state index in [1.54, 1.807) is 0 Å². The molecule has 3 heteroatoms. The van der Waals surface area contributed by atoms with Gasteiger partial charge in [-0.2, -0.15) is 0 Å². The van der Waals surface area contributed by atoms with Crippen LogP contribution in [0.3, 0.4) is 0 Å². The Hall–Kier alpha value is -1.25. The molecule has 0 atom stereocenters. The van der Waals surface area contributed by atoms with Gasteiger partial charge in [0.15, 0.2) is 6.26 Å². The van der Waals surface area contributed by atoms with Crippen molar-refractivity contribution in [2.45, 2.75) is 0 Å². The van der Waals surface area contributed by atoms with Crippen LogP contribution in [-0.4, -0.2) is 11.1 Å². The lowest BCUT2D eigenvalue weighted by molar-refractivity contribution is 0.0696. The predicted octanol–water partition coefficient (Wildman–Crippen LogP) is 0.778. The Morgan fingerprint density at radius 2 is 2.62 bits per heavy atom. The fourth-order valence-corrected chi connectivity index (χ4v) is 0.341. The van der Waals surface area contributed by atoms with Gasteiger partial charge in [-0.25, -0.2) is 4.79 Å². The average molecular weight is 111 g/mol. The molecule has 0 fully saturated rings. The van der Waals surface area contributed by atoms with Gasteiger partial charge in [0.1, 0.15) is 6.26 Å². The lowest BCUT2D eigenvalue weighted by Gasteiger charge is -1.77. The largest absolute Gasteiger partial charge is 0.478 e. The summed E-state index contributed by atoms with van der Waals surface area (Å²) in [5, 5.41) is 8.19. The highest BCUT2D eigenvalue weighted by Crippen LogP contribution is 1.96. The molecule has 1 rings (SSSR count). The smallest absolute Gasteiger partial charge is 0.338 e. The highest BCUT2D eigenvalue weighted by atomic mass is 16.4. The van der Waals surface area contributed by atoms with Gasteiger partial charge < -0.3 is 9.52 Å². The van der Waals surface area contributed by atoms with E-state index in [1.165, 1.54) is 6.07 Å². The van der Waals surface area contributed by atoms with Gasteiger partial charge in [0.05, 0.1) is 5.56 Å². The van der Waals surface area contributed by atoms with E-state index in [9.17, 15) is 4.79 Å². The fraction of sp³-hybridized carbons (Fsp3) is 0. The minimum atomic E-state index is -0.991. The number of carboxylic acids is 1. The van der Waals surface area contributed by atoms with Crippen LogP contribution in [0, 0.1) is 6.26 Å². The third-order valence-electron chi connectivity index (χ3n) is 0.715. The van der Waals surface area contributed by atoms with Gasteiger partial charge in [-0.3, -0.25) is 0 Å². The fourth-order valence-electron chi connectivity index (χ4n) is 0.341. The Morgan fingerprint density at radius 3 is 2.88 bits per heavy atom. The van der Waals surface area contributed by atoms with Crippen LogP contribution in [0.5, 0.6) is 0 Å². The van der Waals surface area contributed by atoms with E-state index in [2.05, 4.69) is 10.7 Å². The quantitative estimate of drug-likeness (QED) is 0.582. The molecule has 0 amide bonds. The second-order valence-corrected chi connectivity index (χ2v) is 1.26. The molecule has 1 radical (unpaired) electrons. The van der Waals surface area contributed by atoms with Crippen LogP contribution in [0.4, 0.5) is 0 Å². The van der Waals surface area contributed by atoms with Gasteiger partial charge in [-0.15, -0.1) is 0 Å². The number of furan rings is 1. The van der Waals surface area contributed by atoms with Gasteiger partial charge in [-0.1, -0.05) is 0 Å². The number of aromatic carboxylic acids is 1. The molecule has 41 valence electrons. The van der Waals surface area contributed by atoms with Crippen LogP contribution < -0.4 is 0 Å². The zero-order chi connectivity index (χ0) is 5.98. The number of carboxylic acid groups (broad SMARTS) is 1. The Balaban J connectivity index is 2.93. The van der Waals surface area contributed by atoms with E-state index in [1.807, 2.05) is 0 Å². The third-order valence-corrected chi connectivity index (χ3v) is 0.715. The number of rotatable bonds is 1.